The molecule has 0 radical (unpaired) electrons. The molecule has 106 valence electrons. The maximum absolute atomic E-state index is 12.2. The minimum atomic E-state index is -3.39. The van der Waals surface area contributed by atoms with Crippen molar-refractivity contribution >= 4 is 10.0 Å². The zero-order valence-electron chi connectivity index (χ0n) is 11.3. The molecule has 0 saturated heterocycles. The molecule has 1 aromatic carbocycles. The van der Waals surface area contributed by atoms with Crippen LogP contribution in [0.5, 0.6) is 0 Å². The molecule has 0 aliphatic heterocycles. The predicted octanol–water partition coefficient (Wildman–Crippen LogP) is 1.79. The first-order valence-electron chi connectivity index (χ1n) is 6.79. The summed E-state index contributed by atoms with van der Waals surface area (Å²) in [6.07, 6.45) is 4.12. The predicted molar refractivity (Wildman–Crippen MR) is 76.3 cm³/mol. The fraction of sp³-hybridized carbons (Fsp3) is 0.571. The Labute approximate surface area is 115 Å². The third kappa shape index (κ3) is 4.03. The van der Waals surface area contributed by atoms with Crippen molar-refractivity contribution in [1.29, 1.82) is 0 Å². The molecule has 0 heterocycles. The summed E-state index contributed by atoms with van der Waals surface area (Å²) in [7, 11) is -3.39. The lowest BCUT2D eigenvalue weighted by Crippen LogP contribution is -2.35. The van der Waals surface area contributed by atoms with Crippen LogP contribution in [0.2, 0.25) is 0 Å². The number of benzene rings is 1. The van der Waals surface area contributed by atoms with Crippen molar-refractivity contribution in [2.75, 3.05) is 6.54 Å². The van der Waals surface area contributed by atoms with Crippen molar-refractivity contribution in [2.45, 2.75) is 43.5 Å². The highest BCUT2D eigenvalue weighted by molar-refractivity contribution is 7.89. The Kier molecular flexibility index (Phi) is 4.60. The molecule has 1 aliphatic carbocycles. The molecule has 1 saturated carbocycles. The van der Waals surface area contributed by atoms with Gasteiger partial charge in [-0.2, -0.15) is 0 Å². The number of aryl methyl sites for hydroxylation is 1. The number of hydrogen-bond donors (Lipinski definition) is 2. The van der Waals surface area contributed by atoms with Gasteiger partial charge in [0.25, 0.3) is 0 Å². The standard InChI is InChI=1S/C14H22N2O2S/c1-11-4-2-7-14(8-11)19(17,18)16-10-12-5-3-6-13(15)9-12/h2,4,7-8,12-13,16H,3,5-6,9-10,15H2,1H3. The van der Waals surface area contributed by atoms with E-state index in [4.69, 9.17) is 5.73 Å². The van der Waals surface area contributed by atoms with Crippen LogP contribution >= 0.6 is 0 Å². The second-order valence-electron chi connectivity index (χ2n) is 5.46. The Morgan fingerprint density at radius 3 is 2.84 bits per heavy atom. The minimum Gasteiger partial charge on any atom is -0.328 e. The average Bonchev–Trinajstić information content (AvgIpc) is 2.37. The van der Waals surface area contributed by atoms with Crippen molar-refractivity contribution in [3.63, 3.8) is 0 Å². The maximum Gasteiger partial charge on any atom is 0.240 e. The summed E-state index contributed by atoms with van der Waals surface area (Å²) in [5.74, 6) is 0.364. The molecular weight excluding hydrogens is 260 g/mol. The lowest BCUT2D eigenvalue weighted by atomic mass is 9.86. The fourth-order valence-corrected chi connectivity index (χ4v) is 3.83. The first-order valence-corrected chi connectivity index (χ1v) is 8.27. The monoisotopic (exact) mass is 282 g/mol. The molecule has 0 spiro atoms. The van der Waals surface area contributed by atoms with Gasteiger partial charge in [-0.25, -0.2) is 13.1 Å². The van der Waals surface area contributed by atoms with Crippen LogP contribution in [0.1, 0.15) is 31.2 Å². The number of nitrogens with one attached hydrogen (secondary N) is 1. The maximum atomic E-state index is 12.2. The summed E-state index contributed by atoms with van der Waals surface area (Å²) in [5.41, 5.74) is 6.87. The Balaban J connectivity index is 1.98. The highest BCUT2D eigenvalue weighted by Gasteiger charge is 2.21. The number of sulfonamides is 1. The van der Waals surface area contributed by atoms with Crippen LogP contribution in [0.3, 0.4) is 0 Å². The van der Waals surface area contributed by atoms with Crippen LogP contribution in [0.15, 0.2) is 29.2 Å². The normalized spacial score (nSPS) is 24.3. The second kappa shape index (κ2) is 6.03. The summed E-state index contributed by atoms with van der Waals surface area (Å²) >= 11 is 0. The molecule has 19 heavy (non-hydrogen) atoms. The SMILES string of the molecule is Cc1cccc(S(=O)(=O)NCC2CCCC(N)C2)c1. The first kappa shape index (κ1) is 14.5. The van der Waals surface area contributed by atoms with Gasteiger partial charge in [0.15, 0.2) is 0 Å². The van der Waals surface area contributed by atoms with Crippen molar-refractivity contribution < 1.29 is 8.42 Å². The van der Waals surface area contributed by atoms with Gasteiger partial charge in [0.1, 0.15) is 0 Å². The van der Waals surface area contributed by atoms with Crippen molar-refractivity contribution in [1.82, 2.24) is 4.72 Å². The second-order valence-corrected chi connectivity index (χ2v) is 7.23. The molecule has 1 aliphatic rings. The summed E-state index contributed by atoms with van der Waals surface area (Å²) in [4.78, 5) is 0.340. The van der Waals surface area contributed by atoms with Gasteiger partial charge >= 0.3 is 0 Å². The Morgan fingerprint density at radius 2 is 2.16 bits per heavy atom. The number of rotatable bonds is 4. The third-order valence-corrected chi connectivity index (χ3v) is 5.11. The van der Waals surface area contributed by atoms with Crippen molar-refractivity contribution in [2.24, 2.45) is 11.7 Å². The van der Waals surface area contributed by atoms with Crippen LogP contribution in [0.25, 0.3) is 0 Å². The van der Waals surface area contributed by atoms with E-state index in [2.05, 4.69) is 4.72 Å². The van der Waals surface area contributed by atoms with E-state index in [1.54, 1.807) is 18.2 Å². The third-order valence-electron chi connectivity index (χ3n) is 3.69. The van der Waals surface area contributed by atoms with Gasteiger partial charge in [-0.1, -0.05) is 18.6 Å². The quantitative estimate of drug-likeness (QED) is 0.884. The molecule has 2 unspecified atom stereocenters. The molecule has 2 rings (SSSR count). The van der Waals surface area contributed by atoms with E-state index in [1.165, 1.54) is 0 Å². The van der Waals surface area contributed by atoms with Gasteiger partial charge in [0, 0.05) is 12.6 Å². The largest absolute Gasteiger partial charge is 0.328 e. The molecule has 3 N–H and O–H groups in total. The molecule has 5 heteroatoms. The van der Waals surface area contributed by atoms with Gasteiger partial charge in [-0.05, 0) is 49.8 Å². The highest BCUT2D eigenvalue weighted by Crippen LogP contribution is 2.23. The van der Waals surface area contributed by atoms with Crippen LogP contribution in [0.4, 0.5) is 0 Å². The molecular formula is C14H22N2O2S. The topological polar surface area (TPSA) is 72.2 Å². The van der Waals surface area contributed by atoms with E-state index in [9.17, 15) is 8.42 Å². The molecule has 0 aromatic heterocycles. The van der Waals surface area contributed by atoms with E-state index < -0.39 is 10.0 Å². The zero-order chi connectivity index (χ0) is 13.9. The summed E-state index contributed by atoms with van der Waals surface area (Å²) in [6.45, 7) is 2.38. The van der Waals surface area contributed by atoms with Crippen LogP contribution in [-0.2, 0) is 10.0 Å². The van der Waals surface area contributed by atoms with E-state index in [-0.39, 0.29) is 6.04 Å². The molecule has 1 fully saturated rings. The molecule has 4 nitrogen and oxygen atoms in total. The fourth-order valence-electron chi connectivity index (χ4n) is 2.61. The van der Waals surface area contributed by atoms with Gasteiger partial charge in [-0.15, -0.1) is 0 Å². The van der Waals surface area contributed by atoms with E-state index in [1.807, 2.05) is 13.0 Å². The van der Waals surface area contributed by atoms with Gasteiger partial charge < -0.3 is 5.73 Å². The molecule has 0 bridgehead atoms. The molecule has 2 atom stereocenters. The zero-order valence-corrected chi connectivity index (χ0v) is 12.1. The first-order chi connectivity index (χ1) is 8.97. The summed E-state index contributed by atoms with van der Waals surface area (Å²) in [5, 5.41) is 0. The van der Waals surface area contributed by atoms with Crippen LogP contribution in [-0.4, -0.2) is 21.0 Å². The Hall–Kier alpha value is -0.910. The highest BCUT2D eigenvalue weighted by atomic mass is 32.2. The lowest BCUT2D eigenvalue weighted by molar-refractivity contribution is 0.322. The van der Waals surface area contributed by atoms with E-state index in [0.29, 0.717) is 17.4 Å². The molecule has 0 amide bonds. The Bertz CT molecular complexity index is 528. The Morgan fingerprint density at radius 1 is 1.37 bits per heavy atom. The lowest BCUT2D eigenvalue weighted by Gasteiger charge is -2.26. The van der Waals surface area contributed by atoms with Gasteiger partial charge in [-0.3, -0.25) is 0 Å². The number of nitrogens with two attached hydrogens (primary N) is 1. The van der Waals surface area contributed by atoms with Gasteiger partial charge in [0.2, 0.25) is 10.0 Å². The molecule has 1 aromatic rings. The summed E-state index contributed by atoms with van der Waals surface area (Å²) < 4.78 is 27.0. The smallest absolute Gasteiger partial charge is 0.240 e. The van der Waals surface area contributed by atoms with Crippen molar-refractivity contribution in [3.8, 4) is 0 Å². The average molecular weight is 282 g/mol. The van der Waals surface area contributed by atoms with E-state index in [0.717, 1.165) is 31.2 Å². The minimum absolute atomic E-state index is 0.224. The van der Waals surface area contributed by atoms with Crippen LogP contribution in [0, 0.1) is 12.8 Å². The van der Waals surface area contributed by atoms with E-state index >= 15 is 0 Å². The number of hydrogen-bond acceptors (Lipinski definition) is 3. The van der Waals surface area contributed by atoms with Crippen molar-refractivity contribution in [3.05, 3.63) is 29.8 Å². The summed E-state index contributed by atoms with van der Waals surface area (Å²) in [6, 6.07) is 7.19. The van der Waals surface area contributed by atoms with Crippen LogP contribution < -0.4 is 10.5 Å². The van der Waals surface area contributed by atoms with Gasteiger partial charge in [0.05, 0.1) is 4.90 Å².